The summed E-state index contributed by atoms with van der Waals surface area (Å²) in [7, 11) is 0. The Hall–Kier alpha value is -7.95. The van der Waals surface area contributed by atoms with E-state index >= 15 is 0 Å². The van der Waals surface area contributed by atoms with Gasteiger partial charge in [0.15, 0.2) is 0 Å². The summed E-state index contributed by atoms with van der Waals surface area (Å²) in [5, 5.41) is 70.6. The zero-order valence-corrected chi connectivity index (χ0v) is 36.5. The van der Waals surface area contributed by atoms with Crippen molar-refractivity contribution in [1.82, 2.24) is 46.6 Å². The zero-order chi connectivity index (χ0) is 51.4. The van der Waals surface area contributed by atoms with E-state index in [-0.39, 0.29) is 58.2 Å². The number of amides is 9. The number of carboxylic acids is 6. The van der Waals surface area contributed by atoms with Gasteiger partial charge in [-0.2, -0.15) is 0 Å². The van der Waals surface area contributed by atoms with Gasteiger partial charge in [0.25, 0.3) is 0 Å². The first kappa shape index (κ1) is 53.7. The van der Waals surface area contributed by atoms with Crippen molar-refractivity contribution in [3.8, 4) is 0 Å². The monoisotopic (exact) mass is 981 g/mol. The lowest BCUT2D eigenvalue weighted by Gasteiger charge is -2.31. The maximum atomic E-state index is 14.0. The maximum Gasteiger partial charge on any atom is 0.305 e. The molecule has 0 saturated carbocycles. The first-order chi connectivity index (χ1) is 32.4. The highest BCUT2D eigenvalue weighted by Crippen LogP contribution is 2.23. The minimum Gasteiger partial charge on any atom is -0.481 e. The van der Waals surface area contributed by atoms with Gasteiger partial charge in [-0.15, -0.1) is 0 Å². The number of fused-ring (bicyclic) bond motifs is 3. The maximum absolute atomic E-state index is 14.0. The molecule has 4 aliphatic rings. The first-order valence-corrected chi connectivity index (χ1v) is 21.4. The van der Waals surface area contributed by atoms with Crippen molar-refractivity contribution in [2.75, 3.05) is 19.6 Å². The van der Waals surface area contributed by atoms with Crippen LogP contribution in [0.3, 0.4) is 0 Å². The molecule has 0 bridgehead atoms. The number of carbonyl (C=O) groups is 15. The molecule has 30 nitrogen and oxygen atoms in total. The van der Waals surface area contributed by atoms with Gasteiger partial charge in [0.2, 0.25) is 53.2 Å². The van der Waals surface area contributed by atoms with Crippen LogP contribution in [0.4, 0.5) is 0 Å². The zero-order valence-electron chi connectivity index (χ0n) is 36.5. The summed E-state index contributed by atoms with van der Waals surface area (Å²) in [5.74, 6) is -21.8. The topological polar surface area (TPSA) is 459 Å². The third kappa shape index (κ3) is 14.5. The highest BCUT2D eigenvalue weighted by Gasteiger charge is 2.45. The quantitative estimate of drug-likeness (QED) is 0.0865. The van der Waals surface area contributed by atoms with E-state index in [0.29, 0.717) is 0 Å². The van der Waals surface area contributed by atoms with Crippen molar-refractivity contribution in [1.29, 1.82) is 0 Å². The van der Waals surface area contributed by atoms with Crippen LogP contribution in [-0.2, 0) is 71.9 Å². The van der Waals surface area contributed by atoms with Gasteiger partial charge in [-0.25, -0.2) is 0 Å². The second kappa shape index (κ2) is 23.7. The van der Waals surface area contributed by atoms with Gasteiger partial charge in [-0.3, -0.25) is 71.9 Å². The average molecular weight is 982 g/mol. The van der Waals surface area contributed by atoms with Crippen LogP contribution in [-0.4, -0.2) is 208 Å². The van der Waals surface area contributed by atoms with Gasteiger partial charge in [0.05, 0.1) is 38.5 Å². The summed E-state index contributed by atoms with van der Waals surface area (Å²) in [6.07, 6.45) is -7.51. The van der Waals surface area contributed by atoms with Crippen LogP contribution >= 0.6 is 0 Å². The number of hydrogen-bond acceptors (Lipinski definition) is 15. The van der Waals surface area contributed by atoms with Crippen LogP contribution < -0.4 is 31.9 Å². The van der Waals surface area contributed by atoms with Gasteiger partial charge in [0.1, 0.15) is 54.4 Å². The first-order valence-electron chi connectivity index (χ1n) is 21.4. The molecule has 0 aromatic rings. The van der Waals surface area contributed by atoms with Crippen molar-refractivity contribution in [3.05, 3.63) is 0 Å². The lowest BCUT2D eigenvalue weighted by Crippen LogP contribution is -2.60. The Morgan fingerprint density at radius 1 is 0.333 bits per heavy atom. The Labute approximate surface area is 388 Å². The van der Waals surface area contributed by atoms with E-state index in [1.807, 2.05) is 0 Å². The fourth-order valence-corrected chi connectivity index (χ4v) is 8.41. The molecule has 0 aromatic heterocycles. The Kier molecular flexibility index (Phi) is 18.4. The molecule has 4 fully saturated rings. The van der Waals surface area contributed by atoms with Crippen molar-refractivity contribution in [2.45, 2.75) is 131 Å². The van der Waals surface area contributed by atoms with Crippen molar-refractivity contribution < 1.29 is 103 Å². The number of carboxylic acid groups (broad SMARTS) is 6. The molecule has 69 heavy (non-hydrogen) atoms. The van der Waals surface area contributed by atoms with Crippen molar-refractivity contribution in [2.24, 2.45) is 0 Å². The second-order valence-corrected chi connectivity index (χ2v) is 16.5. The molecule has 0 aliphatic carbocycles. The molecule has 4 heterocycles. The van der Waals surface area contributed by atoms with Gasteiger partial charge in [-0.05, 0) is 38.5 Å². The molecular formula is C39H51N9O21. The third-order valence-electron chi connectivity index (χ3n) is 11.5. The van der Waals surface area contributed by atoms with E-state index in [2.05, 4.69) is 31.9 Å². The molecule has 0 aromatic carbocycles. The highest BCUT2D eigenvalue weighted by molar-refractivity contribution is 6.02. The summed E-state index contributed by atoms with van der Waals surface area (Å²) in [5.41, 5.74) is 0. The molecule has 30 heteroatoms. The van der Waals surface area contributed by atoms with E-state index in [0.717, 1.165) is 14.7 Å². The lowest BCUT2D eigenvalue weighted by atomic mass is 10.1. The molecule has 4 rings (SSSR count). The van der Waals surface area contributed by atoms with Crippen LogP contribution in [0.5, 0.6) is 0 Å². The molecule has 9 atom stereocenters. The Bertz CT molecular complexity index is 1920. The van der Waals surface area contributed by atoms with E-state index in [9.17, 15) is 103 Å². The standard InChI is InChI=1S/C39H51N9O21/c49-25(50)10-16-31(61)44-20(14-29(57)58)38(68)47-8-3-6-24(47)36(66)42-18(12-27(53)54)33(63)45-21(15-30(59)60)39(69)48-9-2-5-23(48)35(65)41-17(11-26(51)52)32(62)43-19(13-28(55)56)37(67)46-7-1-4-22(46)34(64)40-16/h16-24H,1-15H2,(H,40,64)(H,41,65)(H,42,66)(H,43,62)(H,44,61)(H,45,63)(H,49,50)(H,51,52)(H,53,54)(H,55,56)(H,57,58)(H,59,60)/t16-,17-,18-,19-,20-,21-,22-,23-,24-/m0/s1. The average Bonchev–Trinajstić information content (AvgIpc) is 4.05. The van der Waals surface area contributed by atoms with E-state index < -0.39 is 182 Å². The summed E-state index contributed by atoms with van der Waals surface area (Å²) < 4.78 is 0. The van der Waals surface area contributed by atoms with Crippen molar-refractivity contribution >= 4 is 89.0 Å². The number of hydrogen-bond donors (Lipinski definition) is 12. The molecule has 4 saturated heterocycles. The molecule has 4 aliphatic heterocycles. The lowest BCUT2D eigenvalue weighted by molar-refractivity contribution is -0.148. The number of carbonyl (C=O) groups excluding carboxylic acids is 9. The van der Waals surface area contributed by atoms with E-state index in [4.69, 9.17) is 0 Å². The van der Waals surface area contributed by atoms with Crippen LogP contribution in [0.25, 0.3) is 0 Å². The van der Waals surface area contributed by atoms with E-state index in [1.54, 1.807) is 0 Å². The van der Waals surface area contributed by atoms with Gasteiger partial charge < -0.3 is 77.2 Å². The largest absolute Gasteiger partial charge is 0.481 e. The van der Waals surface area contributed by atoms with Crippen molar-refractivity contribution in [3.63, 3.8) is 0 Å². The smallest absolute Gasteiger partial charge is 0.305 e. The predicted molar refractivity (Wildman–Crippen MR) is 219 cm³/mol. The fourth-order valence-electron chi connectivity index (χ4n) is 8.41. The number of nitrogens with one attached hydrogen (secondary N) is 6. The Morgan fingerprint density at radius 3 is 0.725 bits per heavy atom. The molecule has 12 N–H and O–H groups in total. The van der Waals surface area contributed by atoms with Crippen LogP contribution in [0.15, 0.2) is 0 Å². The Morgan fingerprint density at radius 2 is 0.522 bits per heavy atom. The summed E-state index contributed by atoms with van der Waals surface area (Å²) in [4.78, 5) is 198. The van der Waals surface area contributed by atoms with Crippen LogP contribution in [0, 0.1) is 0 Å². The SMILES string of the molecule is O=C(O)C[C@@H]1NC(=O)[C@@H]2CCCN2C(=O)[C@H](CC(=O)O)NC(=O)[C@H](CC(=O)O)NC(=O)[C@@H]2CCCN2C(=O)[C@H](CC(=O)O)NC(=O)[C@H](CC(=O)O)NC(=O)[C@@H]2CCCN2C(=O)[C@H](CC(=O)O)NC1=O. The fraction of sp³-hybridized carbons (Fsp3) is 0.615. The summed E-state index contributed by atoms with van der Waals surface area (Å²) in [6.45, 7) is -0.834. The normalized spacial score (nSPS) is 28.1. The Balaban J connectivity index is 1.81. The van der Waals surface area contributed by atoms with E-state index in [1.165, 1.54) is 0 Å². The molecule has 9 amide bonds. The second-order valence-electron chi connectivity index (χ2n) is 16.5. The molecule has 378 valence electrons. The molecule has 0 spiro atoms. The third-order valence-corrected chi connectivity index (χ3v) is 11.5. The predicted octanol–water partition coefficient (Wildman–Crippen LogP) is -6.27. The van der Waals surface area contributed by atoms with Gasteiger partial charge >= 0.3 is 35.8 Å². The summed E-state index contributed by atoms with van der Waals surface area (Å²) >= 11 is 0. The highest BCUT2D eigenvalue weighted by atomic mass is 16.4. The summed E-state index contributed by atoms with van der Waals surface area (Å²) in [6, 6.07) is -17.2. The minimum atomic E-state index is -2.09. The molecule has 0 radical (unpaired) electrons. The van der Waals surface area contributed by atoms with Gasteiger partial charge in [0, 0.05) is 19.6 Å². The molecular weight excluding hydrogens is 930 g/mol. The van der Waals surface area contributed by atoms with Gasteiger partial charge in [-0.1, -0.05) is 0 Å². The molecule has 0 unspecified atom stereocenters. The minimum absolute atomic E-state index is 0.0511. The van der Waals surface area contributed by atoms with Crippen LogP contribution in [0.2, 0.25) is 0 Å². The number of aliphatic carboxylic acids is 6. The number of rotatable bonds is 12. The number of nitrogens with zero attached hydrogens (tertiary/aromatic N) is 3. The van der Waals surface area contributed by atoms with Crippen LogP contribution in [0.1, 0.15) is 77.0 Å².